The third kappa shape index (κ3) is 9.27. The summed E-state index contributed by atoms with van der Waals surface area (Å²) in [5, 5.41) is 25.3. The number of hydrogen-bond acceptors (Lipinski definition) is 7. The summed E-state index contributed by atoms with van der Waals surface area (Å²) >= 11 is 0. The van der Waals surface area contributed by atoms with E-state index in [0.717, 1.165) is 66.8 Å². The first-order chi connectivity index (χ1) is 28.7. The van der Waals surface area contributed by atoms with Crippen LogP contribution in [0.15, 0.2) is 119 Å². The van der Waals surface area contributed by atoms with Gasteiger partial charge >= 0.3 is 11.9 Å². The van der Waals surface area contributed by atoms with Gasteiger partial charge in [0.05, 0.1) is 28.2 Å². The fraction of sp³-hybridized carbons (Fsp3) is 0.220. The first kappa shape index (κ1) is 40.2. The fourth-order valence-electron chi connectivity index (χ4n) is 8.47. The topological polar surface area (TPSA) is 145 Å². The zero-order valence-corrected chi connectivity index (χ0v) is 32.9. The number of rotatable bonds is 6. The highest BCUT2D eigenvalue weighted by Crippen LogP contribution is 2.36. The number of anilines is 1. The number of carbonyl (C=O) groups excluding carboxylic acids is 2. The number of fused-ring (bicyclic) bond motifs is 5. The predicted molar refractivity (Wildman–Crippen MR) is 231 cm³/mol. The molecule has 3 aliphatic carbocycles. The van der Waals surface area contributed by atoms with Gasteiger partial charge in [0.15, 0.2) is 5.78 Å². The molecule has 0 unspecified atom stereocenters. The van der Waals surface area contributed by atoms with Crippen LogP contribution >= 0.6 is 0 Å². The Morgan fingerprint density at radius 2 is 1.49 bits per heavy atom. The number of para-hydroxylation sites is 2. The predicted octanol–water partition coefficient (Wildman–Crippen LogP) is 9.41. The van der Waals surface area contributed by atoms with E-state index in [1.54, 1.807) is 19.2 Å². The molecule has 0 spiro atoms. The molecule has 9 rings (SSSR count). The maximum absolute atomic E-state index is 13.9. The molecule has 9 nitrogen and oxygen atoms in total. The number of isocyanates is 1. The van der Waals surface area contributed by atoms with Crippen molar-refractivity contribution in [2.45, 2.75) is 70.6 Å². The molecule has 0 saturated heterocycles. The molecule has 0 amide bonds. The van der Waals surface area contributed by atoms with Crippen LogP contribution in [-0.4, -0.2) is 40.2 Å². The van der Waals surface area contributed by atoms with Crippen molar-refractivity contribution in [3.63, 3.8) is 0 Å². The first-order valence-corrected chi connectivity index (χ1v) is 20.0. The number of nitrogens with one attached hydrogen (secondary N) is 1. The van der Waals surface area contributed by atoms with Gasteiger partial charge in [0.1, 0.15) is 0 Å². The van der Waals surface area contributed by atoms with E-state index in [-0.39, 0.29) is 16.9 Å². The van der Waals surface area contributed by atoms with E-state index in [1.165, 1.54) is 63.7 Å². The summed E-state index contributed by atoms with van der Waals surface area (Å²) in [5.41, 5.74) is 8.33. The average molecular weight is 784 g/mol. The Bertz CT molecular complexity index is 2760. The number of ketones is 1. The van der Waals surface area contributed by atoms with Crippen molar-refractivity contribution < 1.29 is 29.4 Å². The van der Waals surface area contributed by atoms with Crippen molar-refractivity contribution in [2.24, 2.45) is 9.98 Å². The van der Waals surface area contributed by atoms with E-state index < -0.39 is 11.9 Å². The zero-order chi connectivity index (χ0) is 41.3. The zero-order valence-electron chi connectivity index (χ0n) is 32.9. The summed E-state index contributed by atoms with van der Waals surface area (Å²) in [6.45, 7) is 1.65. The lowest BCUT2D eigenvalue weighted by molar-refractivity contribution is 0.0696. The fourth-order valence-corrected chi connectivity index (χ4v) is 8.47. The van der Waals surface area contributed by atoms with E-state index in [4.69, 9.17) is 10.2 Å². The highest BCUT2D eigenvalue weighted by Gasteiger charge is 2.24. The molecule has 1 heterocycles. The lowest BCUT2D eigenvalue weighted by Gasteiger charge is -2.23. The van der Waals surface area contributed by atoms with Gasteiger partial charge < -0.3 is 15.5 Å². The molecule has 4 aliphatic rings. The summed E-state index contributed by atoms with van der Waals surface area (Å²) < 4.78 is 0. The van der Waals surface area contributed by atoms with Crippen molar-refractivity contribution >= 4 is 58.7 Å². The molecule has 1 fully saturated rings. The largest absolute Gasteiger partial charge is 0.478 e. The summed E-state index contributed by atoms with van der Waals surface area (Å²) in [5.74, 6) is -1.75. The number of aliphatic imine (C=N–C) groups is 2. The molecule has 0 bridgehead atoms. The van der Waals surface area contributed by atoms with Gasteiger partial charge in [-0.3, -0.25) is 9.79 Å². The third-order valence-corrected chi connectivity index (χ3v) is 11.3. The third-order valence-electron chi connectivity index (χ3n) is 11.3. The van der Waals surface area contributed by atoms with Crippen LogP contribution in [0.25, 0.3) is 11.6 Å². The van der Waals surface area contributed by atoms with E-state index in [0.29, 0.717) is 22.7 Å². The summed E-state index contributed by atoms with van der Waals surface area (Å²) in [6.07, 6.45) is 19.2. The number of benzene rings is 5. The lowest BCUT2D eigenvalue weighted by Crippen LogP contribution is -2.25. The van der Waals surface area contributed by atoms with Gasteiger partial charge in [-0.1, -0.05) is 79.9 Å². The van der Waals surface area contributed by atoms with Crippen molar-refractivity contribution in [2.75, 3.05) is 5.32 Å². The molecule has 0 aromatic heterocycles. The molecule has 3 N–H and O–H groups in total. The molecule has 59 heavy (non-hydrogen) atoms. The minimum absolute atomic E-state index is 0.00241. The second kappa shape index (κ2) is 18.5. The van der Waals surface area contributed by atoms with E-state index in [2.05, 4.69) is 63.8 Å². The van der Waals surface area contributed by atoms with Crippen LogP contribution in [0.1, 0.15) is 104 Å². The molecule has 9 heteroatoms. The standard InChI is InChI=1S/C32H29NO2.C9H8N2.C9H8O4/c34-20-33-31-19-23(21-7-2-1-3-8-21)14-16-30(31)32(35)29-12-6-11-25-27-15-13-22-9-4-5-10-24(22)26(27)17-18-28(25)29;1-2-5-9-8(4-1)10-6-3-7-11-9;1-5-2-6(8(10)11)4-7(3-5)9(12)13/h4-5,9-10,13-14,16-19,21H,1-3,6-8,11-12,15H2;1-7,10H;2-4H,1H3,(H,10,11)(H,12,13). The van der Waals surface area contributed by atoms with Crippen molar-refractivity contribution in [1.82, 2.24) is 0 Å². The molecule has 296 valence electrons. The summed E-state index contributed by atoms with van der Waals surface area (Å²) in [6, 6.07) is 30.7. The Morgan fingerprint density at radius 1 is 0.763 bits per heavy atom. The maximum atomic E-state index is 13.9. The number of allylic oxidation sites excluding steroid dienone is 1. The van der Waals surface area contributed by atoms with Gasteiger partial charge in [-0.05, 0) is 143 Å². The van der Waals surface area contributed by atoms with Crippen LogP contribution in [0.2, 0.25) is 0 Å². The smallest absolute Gasteiger partial charge is 0.335 e. The Labute approximate surface area is 342 Å². The average Bonchev–Trinajstić information content (AvgIpc) is 3.52. The molecule has 1 aliphatic heterocycles. The second-order valence-electron chi connectivity index (χ2n) is 15.1. The van der Waals surface area contributed by atoms with Gasteiger partial charge in [-0.15, -0.1) is 0 Å². The molecule has 5 aromatic rings. The van der Waals surface area contributed by atoms with E-state index in [1.807, 2.05) is 48.7 Å². The molecular weight excluding hydrogens is 739 g/mol. The molecule has 0 atom stereocenters. The van der Waals surface area contributed by atoms with Crippen LogP contribution in [0, 0.1) is 17.4 Å². The highest BCUT2D eigenvalue weighted by atomic mass is 16.4. The van der Waals surface area contributed by atoms with Crippen LogP contribution in [0.3, 0.4) is 0 Å². The highest BCUT2D eigenvalue weighted by molar-refractivity contribution is 6.26. The number of aromatic carboxylic acids is 2. The first-order valence-electron chi connectivity index (χ1n) is 20.0. The van der Waals surface area contributed by atoms with Gasteiger partial charge in [0, 0.05) is 23.6 Å². The number of carboxylic acid groups (broad SMARTS) is 2. The van der Waals surface area contributed by atoms with Crippen molar-refractivity contribution in [3.8, 4) is 0 Å². The quantitative estimate of drug-likeness (QED) is 0.0884. The number of hydrogen-bond donors (Lipinski definition) is 3. The maximum Gasteiger partial charge on any atom is 0.335 e. The minimum atomic E-state index is -1.12. The molecule has 1 saturated carbocycles. The SMILES string of the molecule is C1=CNc2ccccc2N=C1.Cc1cc(C(=O)O)cc(C(=O)O)c1.O=C=Nc1cc(C2CCCCC2)ccc1C(=O)C1=c2ccc3c(c2CCC1)CC=c1ccccc1=3. The number of aryl methyl sites for hydroxylation is 1. The summed E-state index contributed by atoms with van der Waals surface area (Å²) in [7, 11) is 0. The van der Waals surface area contributed by atoms with Crippen LogP contribution in [0.4, 0.5) is 17.1 Å². The van der Waals surface area contributed by atoms with Gasteiger partial charge in [-0.25, -0.2) is 14.4 Å². The Balaban J connectivity index is 0.000000179. The van der Waals surface area contributed by atoms with Gasteiger partial charge in [0.2, 0.25) is 6.08 Å². The second-order valence-corrected chi connectivity index (χ2v) is 15.1. The van der Waals surface area contributed by atoms with E-state index >= 15 is 0 Å². The normalized spacial score (nSPS) is 14.6. The van der Waals surface area contributed by atoms with Gasteiger partial charge in [0.25, 0.3) is 0 Å². The number of carbonyl (C=O) groups is 3. The number of nitrogens with zero attached hydrogens (tertiary/aromatic N) is 2. The number of Topliss-reactive ketones (excluding diaryl/α,β-unsaturated/α-hetero) is 1. The number of carboxylic acids is 2. The van der Waals surface area contributed by atoms with Crippen LogP contribution in [0.5, 0.6) is 0 Å². The van der Waals surface area contributed by atoms with Gasteiger partial charge in [-0.2, -0.15) is 4.99 Å². The lowest BCUT2D eigenvalue weighted by atomic mass is 9.82. The van der Waals surface area contributed by atoms with E-state index in [9.17, 15) is 19.2 Å². The Kier molecular flexibility index (Phi) is 12.6. The molecule has 0 radical (unpaired) electrons. The van der Waals surface area contributed by atoms with Crippen LogP contribution < -0.4 is 15.8 Å². The summed E-state index contributed by atoms with van der Waals surface area (Å²) in [4.78, 5) is 54.4. The minimum Gasteiger partial charge on any atom is -0.478 e. The monoisotopic (exact) mass is 783 g/mol. The Hall–Kier alpha value is -6.96. The van der Waals surface area contributed by atoms with Crippen molar-refractivity contribution in [1.29, 1.82) is 0 Å². The van der Waals surface area contributed by atoms with Crippen LogP contribution in [-0.2, 0) is 17.6 Å². The molecule has 5 aromatic carbocycles. The molecular formula is C50H45N3O6. The van der Waals surface area contributed by atoms with Crippen molar-refractivity contribution in [3.05, 3.63) is 169 Å². The Morgan fingerprint density at radius 3 is 2.25 bits per heavy atom.